The molecule has 3 rings (SSSR count). The molecule has 0 unspecified atom stereocenters. The Morgan fingerprint density at radius 2 is 1.86 bits per heavy atom. The van der Waals surface area contributed by atoms with Crippen LogP contribution in [0.1, 0.15) is 30.9 Å². The molecule has 8 nitrogen and oxygen atoms in total. The zero-order valence-corrected chi connectivity index (χ0v) is 21.1. The van der Waals surface area contributed by atoms with Crippen molar-refractivity contribution < 1.29 is 19.2 Å². The number of aryl methyl sites for hydroxylation is 1. The quantitative estimate of drug-likeness (QED) is 0.369. The lowest BCUT2D eigenvalue weighted by molar-refractivity contribution is -0.145. The summed E-state index contributed by atoms with van der Waals surface area (Å²) >= 11 is 12.4. The molecule has 0 aliphatic carbocycles. The third kappa shape index (κ3) is 6.52. The van der Waals surface area contributed by atoms with E-state index in [1.165, 1.54) is 0 Å². The van der Waals surface area contributed by atoms with E-state index in [4.69, 9.17) is 33.8 Å². The summed E-state index contributed by atoms with van der Waals surface area (Å²) in [5.41, 5.74) is 6.93. The smallest absolute Gasteiger partial charge is 0.238 e. The van der Waals surface area contributed by atoms with Crippen molar-refractivity contribution >= 4 is 47.1 Å². The maximum absolute atomic E-state index is 13.5. The van der Waals surface area contributed by atoms with Crippen molar-refractivity contribution in [3.8, 4) is 0 Å². The first kappa shape index (κ1) is 26.9. The molecule has 3 N–H and O–H groups in total. The molecule has 35 heavy (non-hydrogen) atoms. The molecule has 10 heteroatoms. The molecule has 0 spiro atoms. The highest BCUT2D eigenvalue weighted by Gasteiger charge is 2.43. The maximum Gasteiger partial charge on any atom is 0.238 e. The molecule has 1 fully saturated rings. The van der Waals surface area contributed by atoms with Crippen molar-refractivity contribution in [1.82, 2.24) is 10.2 Å². The fourth-order valence-electron chi connectivity index (χ4n) is 4.04. The monoisotopic (exact) mass is 520 g/mol. The summed E-state index contributed by atoms with van der Waals surface area (Å²) in [6.07, 6.45) is 2.16. The summed E-state index contributed by atoms with van der Waals surface area (Å²) in [6, 6.07) is 12.7. The number of benzene rings is 2. The minimum Gasteiger partial charge on any atom is -0.351 e. The van der Waals surface area contributed by atoms with Crippen LogP contribution in [0.25, 0.3) is 0 Å². The number of hydrogen-bond donors (Lipinski definition) is 2. The fraction of sp³-hybridized carbons (Fsp3) is 0.400. The van der Waals surface area contributed by atoms with E-state index in [2.05, 4.69) is 5.32 Å². The number of hydroxylamine groups is 1. The minimum atomic E-state index is -0.957. The van der Waals surface area contributed by atoms with E-state index in [-0.39, 0.29) is 31.5 Å². The van der Waals surface area contributed by atoms with Crippen LogP contribution in [0, 0.1) is 5.41 Å². The number of nitrogens with two attached hydrogens (primary N) is 1. The van der Waals surface area contributed by atoms with Gasteiger partial charge in [0.1, 0.15) is 0 Å². The van der Waals surface area contributed by atoms with E-state index >= 15 is 0 Å². The third-order valence-corrected chi connectivity index (χ3v) is 7.23. The summed E-state index contributed by atoms with van der Waals surface area (Å²) in [4.78, 5) is 44.8. The summed E-state index contributed by atoms with van der Waals surface area (Å²) in [5.74, 6) is -0.420. The largest absolute Gasteiger partial charge is 0.351 e. The van der Waals surface area contributed by atoms with E-state index in [0.29, 0.717) is 53.6 Å². The van der Waals surface area contributed by atoms with Gasteiger partial charge in [-0.25, -0.2) is 0 Å². The van der Waals surface area contributed by atoms with Crippen LogP contribution >= 0.6 is 23.2 Å². The first-order valence-corrected chi connectivity index (χ1v) is 12.2. The number of carbonyl (C=O) groups is 3. The molecule has 0 bridgehead atoms. The van der Waals surface area contributed by atoms with Crippen LogP contribution in [0.3, 0.4) is 0 Å². The van der Waals surface area contributed by atoms with Gasteiger partial charge in [0.2, 0.25) is 18.2 Å². The third-order valence-electron chi connectivity index (χ3n) is 6.38. The first-order chi connectivity index (χ1) is 16.8. The average Bonchev–Trinajstić information content (AvgIpc) is 2.89. The van der Waals surface area contributed by atoms with Crippen LogP contribution in [-0.2, 0) is 32.2 Å². The number of amides is 3. The van der Waals surface area contributed by atoms with Crippen LogP contribution in [-0.4, -0.2) is 49.4 Å². The van der Waals surface area contributed by atoms with Crippen LogP contribution < -0.4 is 16.1 Å². The molecule has 2 aromatic rings. The second-order valence-electron chi connectivity index (χ2n) is 8.49. The van der Waals surface area contributed by atoms with Gasteiger partial charge in [-0.2, -0.15) is 5.06 Å². The van der Waals surface area contributed by atoms with Crippen molar-refractivity contribution in [3.63, 3.8) is 0 Å². The van der Waals surface area contributed by atoms with Crippen LogP contribution in [0.4, 0.5) is 5.69 Å². The van der Waals surface area contributed by atoms with Crippen LogP contribution in [0.2, 0.25) is 10.0 Å². The highest BCUT2D eigenvalue weighted by Crippen LogP contribution is 2.34. The van der Waals surface area contributed by atoms with Gasteiger partial charge in [-0.1, -0.05) is 54.4 Å². The predicted octanol–water partition coefficient (Wildman–Crippen LogP) is 3.33. The number of hydrogen-bond acceptors (Lipinski definition) is 5. The van der Waals surface area contributed by atoms with Gasteiger partial charge in [0, 0.05) is 19.6 Å². The Hall–Kier alpha value is -2.65. The standard InChI is InChI=1S/C25H30Cl2N4O4/c1-2-18-6-8-20(9-7-18)31(17-32)35-16-25(10-12-30(13-11-25)22(33)14-28)24(34)29-15-19-4-3-5-21(26)23(19)27/h3-9,17H,2,10-16,28H2,1H3,(H,29,34). The highest BCUT2D eigenvalue weighted by atomic mass is 35.5. The molecule has 2 aromatic carbocycles. The maximum atomic E-state index is 13.5. The lowest BCUT2D eigenvalue weighted by atomic mass is 9.78. The van der Waals surface area contributed by atoms with Gasteiger partial charge in [-0.15, -0.1) is 0 Å². The van der Waals surface area contributed by atoms with Crippen molar-refractivity contribution in [3.05, 3.63) is 63.6 Å². The summed E-state index contributed by atoms with van der Waals surface area (Å²) in [7, 11) is 0. The molecule has 1 aliphatic heterocycles. The molecule has 0 saturated carbocycles. The molecule has 1 aliphatic rings. The molecular formula is C25H30Cl2N4O4. The number of anilines is 1. The molecule has 0 aromatic heterocycles. The van der Waals surface area contributed by atoms with Gasteiger partial charge in [0.15, 0.2) is 0 Å². The molecule has 1 heterocycles. The van der Waals surface area contributed by atoms with E-state index in [0.717, 1.165) is 17.0 Å². The molecule has 0 atom stereocenters. The number of piperidine rings is 1. The first-order valence-electron chi connectivity index (χ1n) is 11.5. The van der Waals surface area contributed by atoms with Gasteiger partial charge in [0.05, 0.1) is 34.3 Å². The van der Waals surface area contributed by atoms with Gasteiger partial charge >= 0.3 is 0 Å². The number of halogens is 2. The summed E-state index contributed by atoms with van der Waals surface area (Å²) in [5, 5.41) is 4.84. The van der Waals surface area contributed by atoms with Crippen molar-refractivity contribution in [2.75, 3.05) is 31.3 Å². The SMILES string of the molecule is CCc1ccc(N(C=O)OCC2(C(=O)NCc3cccc(Cl)c3Cl)CCN(C(=O)CN)CC2)cc1. The number of carbonyl (C=O) groups excluding carboxylic acids is 3. The Bertz CT molecular complexity index is 1040. The normalized spacial score (nSPS) is 14.9. The van der Waals surface area contributed by atoms with Gasteiger partial charge in [-0.3, -0.25) is 19.2 Å². The zero-order valence-electron chi connectivity index (χ0n) is 19.6. The molecule has 0 radical (unpaired) electrons. The molecule has 1 saturated heterocycles. The lowest BCUT2D eigenvalue weighted by Gasteiger charge is -2.40. The van der Waals surface area contributed by atoms with E-state index in [1.54, 1.807) is 35.2 Å². The van der Waals surface area contributed by atoms with Gasteiger partial charge in [-0.05, 0) is 48.6 Å². The van der Waals surface area contributed by atoms with Crippen molar-refractivity contribution in [2.24, 2.45) is 11.1 Å². The van der Waals surface area contributed by atoms with Gasteiger partial charge in [0.25, 0.3) is 0 Å². The van der Waals surface area contributed by atoms with E-state index in [9.17, 15) is 14.4 Å². The lowest BCUT2D eigenvalue weighted by Crippen LogP contribution is -2.53. The molecular weight excluding hydrogens is 491 g/mol. The van der Waals surface area contributed by atoms with Crippen LogP contribution in [0.15, 0.2) is 42.5 Å². The average molecular weight is 521 g/mol. The zero-order chi connectivity index (χ0) is 25.4. The summed E-state index contributed by atoms with van der Waals surface area (Å²) < 4.78 is 0. The van der Waals surface area contributed by atoms with E-state index < -0.39 is 5.41 Å². The Balaban J connectivity index is 1.75. The topological polar surface area (TPSA) is 105 Å². The Morgan fingerprint density at radius 3 is 2.46 bits per heavy atom. The number of nitrogens with one attached hydrogen (secondary N) is 1. The summed E-state index contributed by atoms with van der Waals surface area (Å²) in [6.45, 7) is 2.82. The Morgan fingerprint density at radius 1 is 1.17 bits per heavy atom. The second-order valence-corrected chi connectivity index (χ2v) is 9.27. The molecule has 3 amide bonds. The Kier molecular flexibility index (Phi) is 9.51. The van der Waals surface area contributed by atoms with Gasteiger partial charge < -0.3 is 16.0 Å². The second kappa shape index (κ2) is 12.4. The van der Waals surface area contributed by atoms with Crippen molar-refractivity contribution in [2.45, 2.75) is 32.7 Å². The number of likely N-dealkylation sites (tertiary alicyclic amines) is 1. The minimum absolute atomic E-state index is 0.0406. The predicted molar refractivity (Wildman–Crippen MR) is 136 cm³/mol. The van der Waals surface area contributed by atoms with Crippen LogP contribution in [0.5, 0.6) is 0 Å². The van der Waals surface area contributed by atoms with Crippen molar-refractivity contribution in [1.29, 1.82) is 0 Å². The van der Waals surface area contributed by atoms with E-state index in [1.807, 2.05) is 19.1 Å². The highest BCUT2D eigenvalue weighted by molar-refractivity contribution is 6.42. The number of rotatable bonds is 10. The Labute approximate surface area is 215 Å². The molecule has 188 valence electrons. The fourth-order valence-corrected chi connectivity index (χ4v) is 4.42. The number of nitrogens with zero attached hydrogens (tertiary/aromatic N) is 2.